The van der Waals surface area contributed by atoms with Gasteiger partial charge in [-0.3, -0.25) is 0 Å². The molecule has 0 aliphatic rings. The summed E-state index contributed by atoms with van der Waals surface area (Å²) in [6.45, 7) is 1.87. The molecule has 0 spiro atoms. The normalized spacial score (nSPS) is 12.2. The quantitative estimate of drug-likeness (QED) is 0.806. The van der Waals surface area contributed by atoms with Crippen molar-refractivity contribution >= 4 is 15.9 Å². The smallest absolute Gasteiger partial charge is 0.216 e. The van der Waals surface area contributed by atoms with Gasteiger partial charge in [0.25, 0.3) is 0 Å². The van der Waals surface area contributed by atoms with E-state index in [2.05, 4.69) is 25.9 Å². The van der Waals surface area contributed by atoms with Crippen molar-refractivity contribution in [2.24, 2.45) is 0 Å². The highest BCUT2D eigenvalue weighted by Gasteiger charge is 2.14. The first-order valence-corrected chi connectivity index (χ1v) is 6.76. The lowest BCUT2D eigenvalue weighted by molar-refractivity contribution is 0.396. The van der Waals surface area contributed by atoms with Crippen LogP contribution in [0.3, 0.4) is 0 Å². The number of halogens is 2. The summed E-state index contributed by atoms with van der Waals surface area (Å²) in [7, 11) is 1.55. The van der Waals surface area contributed by atoms with Gasteiger partial charge in [0.15, 0.2) is 0 Å². The lowest BCUT2D eigenvalue weighted by atomic mass is 10.1. The molecule has 0 N–H and O–H groups in total. The lowest BCUT2D eigenvalue weighted by Crippen LogP contribution is -2.02. The molecule has 0 radical (unpaired) electrons. The molecule has 1 heterocycles. The van der Waals surface area contributed by atoms with Crippen LogP contribution in [0.4, 0.5) is 4.39 Å². The van der Waals surface area contributed by atoms with Gasteiger partial charge in [0.1, 0.15) is 12.1 Å². The molecule has 100 valence electrons. The molecule has 2 rings (SSSR count). The number of aryl methyl sites for hydroxylation is 1. The van der Waals surface area contributed by atoms with Gasteiger partial charge in [-0.25, -0.2) is 14.4 Å². The largest absolute Gasteiger partial charge is 0.481 e. The molecule has 19 heavy (non-hydrogen) atoms. The van der Waals surface area contributed by atoms with Crippen molar-refractivity contribution in [1.29, 1.82) is 0 Å². The Bertz CT molecular complexity index is 577. The number of rotatable bonds is 4. The lowest BCUT2D eigenvalue weighted by Gasteiger charge is -2.11. The maximum atomic E-state index is 13.9. The van der Waals surface area contributed by atoms with Gasteiger partial charge in [-0.05, 0) is 18.6 Å². The topological polar surface area (TPSA) is 35.0 Å². The third kappa shape index (κ3) is 3.50. The molecule has 5 heteroatoms. The molecular formula is C14H14BrFN2O. The second-order valence-corrected chi connectivity index (χ2v) is 5.35. The van der Waals surface area contributed by atoms with E-state index in [-0.39, 0.29) is 10.6 Å². The number of alkyl halides is 1. The Hall–Kier alpha value is -1.49. The van der Waals surface area contributed by atoms with E-state index in [9.17, 15) is 4.39 Å². The Kier molecular flexibility index (Phi) is 4.47. The van der Waals surface area contributed by atoms with Crippen molar-refractivity contribution in [2.75, 3.05) is 7.11 Å². The van der Waals surface area contributed by atoms with Gasteiger partial charge in [0, 0.05) is 28.6 Å². The van der Waals surface area contributed by atoms with Crippen LogP contribution in [-0.2, 0) is 6.42 Å². The summed E-state index contributed by atoms with van der Waals surface area (Å²) >= 11 is 3.50. The minimum atomic E-state index is -0.206. The van der Waals surface area contributed by atoms with E-state index in [0.717, 1.165) is 11.3 Å². The summed E-state index contributed by atoms with van der Waals surface area (Å²) in [5, 5.41) is 0. The van der Waals surface area contributed by atoms with Crippen molar-refractivity contribution in [1.82, 2.24) is 9.97 Å². The van der Waals surface area contributed by atoms with Crippen LogP contribution in [0.1, 0.15) is 21.6 Å². The number of hydrogen-bond donors (Lipinski definition) is 0. The van der Waals surface area contributed by atoms with Gasteiger partial charge in [0.05, 0.1) is 7.11 Å². The van der Waals surface area contributed by atoms with E-state index in [0.29, 0.717) is 17.9 Å². The molecule has 0 aliphatic heterocycles. The summed E-state index contributed by atoms with van der Waals surface area (Å²) in [5.41, 5.74) is 2.33. The molecule has 0 amide bonds. The van der Waals surface area contributed by atoms with Gasteiger partial charge in [0.2, 0.25) is 5.88 Å². The third-order valence-electron chi connectivity index (χ3n) is 2.79. The number of nitrogens with zero attached hydrogens (tertiary/aromatic N) is 2. The van der Waals surface area contributed by atoms with Crippen molar-refractivity contribution in [3.63, 3.8) is 0 Å². The zero-order valence-corrected chi connectivity index (χ0v) is 12.3. The molecule has 0 saturated heterocycles. The molecule has 0 aliphatic carbocycles. The van der Waals surface area contributed by atoms with E-state index in [1.54, 1.807) is 19.2 Å². The SMILES string of the molecule is COc1cc(CC(Br)c2ccc(C)cc2F)ncn1. The average molecular weight is 325 g/mol. The monoisotopic (exact) mass is 324 g/mol. The molecular weight excluding hydrogens is 311 g/mol. The van der Waals surface area contributed by atoms with Crippen LogP contribution < -0.4 is 4.74 Å². The molecule has 3 nitrogen and oxygen atoms in total. The Balaban J connectivity index is 2.17. The Morgan fingerprint density at radius 1 is 1.32 bits per heavy atom. The second kappa shape index (κ2) is 6.10. The Morgan fingerprint density at radius 2 is 2.11 bits per heavy atom. The van der Waals surface area contributed by atoms with Crippen molar-refractivity contribution in [3.05, 3.63) is 53.2 Å². The van der Waals surface area contributed by atoms with Gasteiger partial charge in [-0.1, -0.05) is 28.1 Å². The molecule has 1 aromatic heterocycles. The standard InChI is InChI=1S/C14H14BrFN2O/c1-9-3-4-11(13(16)5-9)12(15)6-10-7-14(19-2)18-8-17-10/h3-5,7-8,12H,6H2,1-2H3. The Morgan fingerprint density at radius 3 is 2.79 bits per heavy atom. The Labute approximate surface area is 120 Å². The van der Waals surface area contributed by atoms with Gasteiger partial charge >= 0.3 is 0 Å². The fraction of sp³-hybridized carbons (Fsp3) is 0.286. The second-order valence-electron chi connectivity index (χ2n) is 4.25. The maximum Gasteiger partial charge on any atom is 0.216 e. The molecule has 0 bridgehead atoms. The fourth-order valence-electron chi connectivity index (χ4n) is 1.78. The average Bonchev–Trinajstić information content (AvgIpc) is 2.38. The summed E-state index contributed by atoms with van der Waals surface area (Å²) in [6, 6.07) is 6.97. The molecule has 1 atom stereocenters. The molecule has 1 aromatic carbocycles. The number of methoxy groups -OCH3 is 1. The van der Waals surface area contributed by atoms with Crippen LogP contribution in [-0.4, -0.2) is 17.1 Å². The van der Waals surface area contributed by atoms with Gasteiger partial charge in [-0.15, -0.1) is 0 Å². The van der Waals surface area contributed by atoms with Crippen molar-refractivity contribution in [3.8, 4) is 5.88 Å². The zero-order valence-electron chi connectivity index (χ0n) is 10.7. The predicted molar refractivity (Wildman–Crippen MR) is 75.1 cm³/mol. The van der Waals surface area contributed by atoms with E-state index in [1.165, 1.54) is 12.4 Å². The molecule has 1 unspecified atom stereocenters. The summed E-state index contributed by atoms with van der Waals surface area (Å²) in [4.78, 5) is 7.97. The number of ether oxygens (including phenoxy) is 1. The summed E-state index contributed by atoms with van der Waals surface area (Å²) < 4.78 is 18.9. The molecule has 0 saturated carbocycles. The number of benzene rings is 1. The number of aromatic nitrogens is 2. The van der Waals surface area contributed by atoms with E-state index >= 15 is 0 Å². The summed E-state index contributed by atoms with van der Waals surface area (Å²) in [5.74, 6) is 0.303. The predicted octanol–water partition coefficient (Wildman–Crippen LogP) is 3.61. The van der Waals surface area contributed by atoms with Crippen LogP contribution in [0, 0.1) is 12.7 Å². The zero-order chi connectivity index (χ0) is 13.8. The van der Waals surface area contributed by atoms with E-state index in [1.807, 2.05) is 13.0 Å². The van der Waals surface area contributed by atoms with Crippen LogP contribution in [0.25, 0.3) is 0 Å². The first kappa shape index (κ1) is 13.9. The van der Waals surface area contributed by atoms with Crippen LogP contribution in [0.2, 0.25) is 0 Å². The van der Waals surface area contributed by atoms with Crippen molar-refractivity contribution in [2.45, 2.75) is 18.2 Å². The highest BCUT2D eigenvalue weighted by atomic mass is 79.9. The van der Waals surface area contributed by atoms with E-state index in [4.69, 9.17) is 4.74 Å². The first-order chi connectivity index (χ1) is 9.10. The highest BCUT2D eigenvalue weighted by molar-refractivity contribution is 9.09. The fourth-order valence-corrected chi connectivity index (χ4v) is 2.48. The maximum absolute atomic E-state index is 13.9. The molecule has 0 fully saturated rings. The van der Waals surface area contributed by atoms with E-state index < -0.39 is 0 Å². The van der Waals surface area contributed by atoms with Crippen LogP contribution in [0.5, 0.6) is 5.88 Å². The highest BCUT2D eigenvalue weighted by Crippen LogP contribution is 2.29. The third-order valence-corrected chi connectivity index (χ3v) is 3.61. The molecule has 2 aromatic rings. The van der Waals surface area contributed by atoms with Crippen LogP contribution in [0.15, 0.2) is 30.6 Å². The number of hydrogen-bond acceptors (Lipinski definition) is 3. The minimum absolute atomic E-state index is 0.132. The summed E-state index contributed by atoms with van der Waals surface area (Å²) in [6.07, 6.45) is 2.01. The van der Waals surface area contributed by atoms with Crippen molar-refractivity contribution < 1.29 is 9.13 Å². The van der Waals surface area contributed by atoms with Crippen LogP contribution >= 0.6 is 15.9 Å². The minimum Gasteiger partial charge on any atom is -0.481 e. The van der Waals surface area contributed by atoms with Gasteiger partial charge in [-0.2, -0.15) is 0 Å². The first-order valence-electron chi connectivity index (χ1n) is 5.85. The van der Waals surface area contributed by atoms with Gasteiger partial charge < -0.3 is 4.74 Å².